The van der Waals surface area contributed by atoms with Crippen LogP contribution in [0.25, 0.3) is 0 Å². The van der Waals surface area contributed by atoms with Gasteiger partial charge in [-0.2, -0.15) is 4.31 Å². The first-order valence-corrected chi connectivity index (χ1v) is 7.70. The molecule has 0 bridgehead atoms. The van der Waals surface area contributed by atoms with Crippen molar-refractivity contribution < 1.29 is 13.2 Å². The van der Waals surface area contributed by atoms with E-state index in [-0.39, 0.29) is 6.10 Å². The molecular weight excluding hydrogens is 260 g/mol. The van der Waals surface area contributed by atoms with Crippen molar-refractivity contribution in [1.29, 1.82) is 0 Å². The molecular formula is C10H16N2O3S2. The minimum absolute atomic E-state index is 0.0486. The Morgan fingerprint density at radius 1 is 1.59 bits per heavy atom. The lowest BCUT2D eigenvalue weighted by Crippen LogP contribution is -2.44. The molecule has 5 nitrogen and oxygen atoms in total. The molecule has 0 aromatic carbocycles. The molecule has 2 rings (SSSR count). The highest BCUT2D eigenvalue weighted by Crippen LogP contribution is 2.25. The van der Waals surface area contributed by atoms with Gasteiger partial charge in [0.1, 0.15) is 4.21 Å². The molecule has 2 heterocycles. The van der Waals surface area contributed by atoms with Gasteiger partial charge in [-0.15, -0.1) is 11.3 Å². The third kappa shape index (κ3) is 2.69. The van der Waals surface area contributed by atoms with Crippen molar-refractivity contribution in [1.82, 2.24) is 4.31 Å². The monoisotopic (exact) mass is 276 g/mol. The van der Waals surface area contributed by atoms with Crippen LogP contribution in [-0.2, 0) is 21.3 Å². The second kappa shape index (κ2) is 5.03. The summed E-state index contributed by atoms with van der Waals surface area (Å²) < 4.78 is 31.8. The summed E-state index contributed by atoms with van der Waals surface area (Å²) in [5.41, 5.74) is 5.49. The largest absolute Gasteiger partial charge is 0.376 e. The Kier molecular flexibility index (Phi) is 3.84. The van der Waals surface area contributed by atoms with Crippen molar-refractivity contribution in [2.24, 2.45) is 5.73 Å². The van der Waals surface area contributed by atoms with Crippen LogP contribution in [0, 0.1) is 0 Å². The maximum atomic E-state index is 12.3. The Morgan fingerprint density at radius 2 is 2.35 bits per heavy atom. The van der Waals surface area contributed by atoms with Crippen LogP contribution in [0.15, 0.2) is 16.3 Å². The van der Waals surface area contributed by atoms with Crippen LogP contribution >= 0.6 is 11.3 Å². The van der Waals surface area contributed by atoms with Crippen molar-refractivity contribution in [3.05, 3.63) is 17.0 Å². The third-order valence-electron chi connectivity index (χ3n) is 2.64. The number of hydrogen-bond donors (Lipinski definition) is 1. The van der Waals surface area contributed by atoms with E-state index in [1.54, 1.807) is 12.1 Å². The fraction of sp³-hybridized carbons (Fsp3) is 0.600. The van der Waals surface area contributed by atoms with Crippen molar-refractivity contribution in [2.75, 3.05) is 19.7 Å². The van der Waals surface area contributed by atoms with Crippen LogP contribution in [0.3, 0.4) is 0 Å². The first-order valence-electron chi connectivity index (χ1n) is 5.44. The van der Waals surface area contributed by atoms with Gasteiger partial charge in [0.2, 0.25) is 0 Å². The number of thiophene rings is 1. The van der Waals surface area contributed by atoms with Gasteiger partial charge in [-0.25, -0.2) is 8.42 Å². The molecule has 0 radical (unpaired) electrons. The van der Waals surface area contributed by atoms with E-state index in [9.17, 15) is 8.42 Å². The topological polar surface area (TPSA) is 72.6 Å². The summed E-state index contributed by atoms with van der Waals surface area (Å²) in [6, 6.07) is 3.39. The molecule has 1 unspecified atom stereocenters. The van der Waals surface area contributed by atoms with Crippen molar-refractivity contribution in [2.45, 2.75) is 23.8 Å². The molecule has 7 heteroatoms. The van der Waals surface area contributed by atoms with E-state index in [0.717, 1.165) is 4.88 Å². The van der Waals surface area contributed by atoms with Gasteiger partial charge in [0.25, 0.3) is 10.0 Å². The van der Waals surface area contributed by atoms with E-state index in [0.29, 0.717) is 30.5 Å². The Labute approximate surface area is 105 Å². The van der Waals surface area contributed by atoms with Gasteiger partial charge < -0.3 is 10.5 Å². The summed E-state index contributed by atoms with van der Waals surface area (Å²) in [6.45, 7) is 3.54. The zero-order chi connectivity index (χ0) is 12.5. The summed E-state index contributed by atoms with van der Waals surface area (Å²) in [4.78, 5) is 0.880. The quantitative estimate of drug-likeness (QED) is 0.878. The second-order valence-electron chi connectivity index (χ2n) is 3.97. The second-order valence-corrected chi connectivity index (χ2v) is 7.30. The van der Waals surface area contributed by atoms with Gasteiger partial charge in [0.05, 0.1) is 12.7 Å². The fourth-order valence-electron chi connectivity index (χ4n) is 1.74. The molecule has 1 aromatic rings. The van der Waals surface area contributed by atoms with E-state index in [4.69, 9.17) is 10.5 Å². The van der Waals surface area contributed by atoms with E-state index < -0.39 is 10.0 Å². The fourth-order valence-corrected chi connectivity index (χ4v) is 4.63. The summed E-state index contributed by atoms with van der Waals surface area (Å²) >= 11 is 1.24. The molecule has 0 saturated carbocycles. The number of morpholine rings is 1. The summed E-state index contributed by atoms with van der Waals surface area (Å²) in [5, 5.41) is 0. The minimum atomic E-state index is -3.37. The van der Waals surface area contributed by atoms with Crippen molar-refractivity contribution in [3.63, 3.8) is 0 Å². The lowest BCUT2D eigenvalue weighted by molar-refractivity contribution is 0.0102. The summed E-state index contributed by atoms with van der Waals surface area (Å²) in [6.07, 6.45) is -0.0486. The lowest BCUT2D eigenvalue weighted by atomic mass is 10.3. The predicted molar refractivity (Wildman–Crippen MR) is 66.4 cm³/mol. The Hall–Kier alpha value is -0.470. The van der Waals surface area contributed by atoms with Crippen molar-refractivity contribution >= 4 is 21.4 Å². The molecule has 1 atom stereocenters. The maximum absolute atomic E-state index is 12.3. The highest BCUT2D eigenvalue weighted by molar-refractivity contribution is 7.91. The highest BCUT2D eigenvalue weighted by Gasteiger charge is 2.30. The SMILES string of the molecule is CC1CN(S(=O)(=O)c2ccc(CN)s2)CCO1. The Morgan fingerprint density at radius 3 is 2.94 bits per heavy atom. The first-order chi connectivity index (χ1) is 8.04. The summed E-state index contributed by atoms with van der Waals surface area (Å²) in [5.74, 6) is 0. The van der Waals surface area contributed by atoms with E-state index in [1.165, 1.54) is 15.6 Å². The van der Waals surface area contributed by atoms with Gasteiger partial charge in [-0.1, -0.05) is 0 Å². The smallest absolute Gasteiger partial charge is 0.252 e. The average molecular weight is 276 g/mol. The third-order valence-corrected chi connectivity index (χ3v) is 6.08. The van der Waals surface area contributed by atoms with E-state index in [2.05, 4.69) is 0 Å². The van der Waals surface area contributed by atoms with Crippen LogP contribution < -0.4 is 5.73 Å². The molecule has 1 aromatic heterocycles. The molecule has 0 spiro atoms. The Bertz CT molecular complexity index is 483. The maximum Gasteiger partial charge on any atom is 0.252 e. The molecule has 0 amide bonds. The van der Waals surface area contributed by atoms with Crippen molar-refractivity contribution in [3.8, 4) is 0 Å². The van der Waals surface area contributed by atoms with E-state index in [1.807, 2.05) is 6.92 Å². The minimum Gasteiger partial charge on any atom is -0.376 e. The molecule has 1 fully saturated rings. The Balaban J connectivity index is 2.23. The highest BCUT2D eigenvalue weighted by atomic mass is 32.2. The van der Waals surface area contributed by atoms with Crippen LogP contribution in [0.4, 0.5) is 0 Å². The molecule has 1 aliphatic rings. The summed E-state index contributed by atoms with van der Waals surface area (Å²) in [7, 11) is -3.37. The van der Waals surface area contributed by atoms with Crippen LogP contribution in [0.5, 0.6) is 0 Å². The number of hydrogen-bond acceptors (Lipinski definition) is 5. The van der Waals surface area contributed by atoms with Crippen LogP contribution in [0.2, 0.25) is 0 Å². The standard InChI is InChI=1S/C10H16N2O3S2/c1-8-7-12(4-5-15-8)17(13,14)10-3-2-9(6-11)16-10/h2-3,8H,4-7,11H2,1H3. The predicted octanol–water partition coefficient (Wildman–Crippen LogP) is 0.616. The number of rotatable bonds is 3. The number of nitrogens with two attached hydrogens (primary N) is 1. The van der Waals surface area contributed by atoms with Crippen LogP contribution in [-0.4, -0.2) is 38.5 Å². The molecule has 0 aliphatic carbocycles. The molecule has 1 aliphatic heterocycles. The van der Waals surface area contributed by atoms with Gasteiger partial charge in [0, 0.05) is 24.5 Å². The zero-order valence-electron chi connectivity index (χ0n) is 9.63. The van der Waals surface area contributed by atoms with Gasteiger partial charge in [-0.05, 0) is 19.1 Å². The molecule has 17 heavy (non-hydrogen) atoms. The van der Waals surface area contributed by atoms with Gasteiger partial charge in [0.15, 0.2) is 0 Å². The molecule has 2 N–H and O–H groups in total. The normalized spacial score (nSPS) is 22.8. The molecule has 1 saturated heterocycles. The number of sulfonamides is 1. The first kappa shape index (κ1) is 13.0. The number of ether oxygens (including phenoxy) is 1. The zero-order valence-corrected chi connectivity index (χ0v) is 11.3. The average Bonchev–Trinajstić information content (AvgIpc) is 2.78. The van der Waals surface area contributed by atoms with Gasteiger partial charge in [-0.3, -0.25) is 0 Å². The lowest BCUT2D eigenvalue weighted by Gasteiger charge is -2.29. The van der Waals surface area contributed by atoms with Crippen LogP contribution in [0.1, 0.15) is 11.8 Å². The molecule has 96 valence electrons. The van der Waals surface area contributed by atoms with E-state index >= 15 is 0 Å². The van der Waals surface area contributed by atoms with Gasteiger partial charge >= 0.3 is 0 Å². The number of nitrogens with zero attached hydrogens (tertiary/aromatic N) is 1.